The molecule has 0 spiro atoms. The van der Waals surface area contributed by atoms with Gasteiger partial charge in [0.25, 0.3) is 0 Å². The Balaban J connectivity index is 3.72. The molecule has 0 aliphatic carbocycles. The van der Waals surface area contributed by atoms with Crippen molar-refractivity contribution < 1.29 is 13.3 Å². The fraction of sp³-hybridized carbons (Fsp3) is 1.00. The van der Waals surface area contributed by atoms with Gasteiger partial charge in [-0.1, -0.05) is 6.42 Å². The lowest BCUT2D eigenvalue weighted by Gasteiger charge is -2.24. The van der Waals surface area contributed by atoms with Gasteiger partial charge in [0.15, 0.2) is 0 Å². The average molecular weight is 236 g/mol. The Morgan fingerprint density at radius 3 is 2.00 bits per heavy atom. The number of nitrogens with two attached hydrogens (primary N) is 2. The molecule has 0 radical (unpaired) electrons. The first-order valence-electron chi connectivity index (χ1n) is 5.25. The van der Waals surface area contributed by atoms with Gasteiger partial charge in [0, 0.05) is 40.0 Å². The third-order valence-electron chi connectivity index (χ3n) is 2.54. The Kier molecular flexibility index (Phi) is 8.21. The number of unbranched alkanes of at least 4 members (excludes halogenated alkanes) is 1. The molecule has 6 heteroatoms. The molecule has 0 aliphatic rings. The molecule has 0 aliphatic heterocycles. The molecule has 0 rings (SSSR count). The molecular formula is C9H24N2O3Si. The van der Waals surface area contributed by atoms with E-state index in [2.05, 4.69) is 0 Å². The van der Waals surface area contributed by atoms with Crippen LogP contribution >= 0.6 is 0 Å². The van der Waals surface area contributed by atoms with Gasteiger partial charge in [-0.25, -0.2) is 0 Å². The fourth-order valence-electron chi connectivity index (χ4n) is 1.42. The second-order valence-corrected chi connectivity index (χ2v) is 6.63. The molecule has 0 aromatic carbocycles. The van der Waals surface area contributed by atoms with Crippen molar-refractivity contribution in [2.75, 3.05) is 27.9 Å². The van der Waals surface area contributed by atoms with Gasteiger partial charge in [0.05, 0.1) is 0 Å². The van der Waals surface area contributed by atoms with Crippen molar-refractivity contribution in [2.24, 2.45) is 11.5 Å². The van der Waals surface area contributed by atoms with Crippen molar-refractivity contribution in [3.8, 4) is 0 Å². The van der Waals surface area contributed by atoms with Crippen LogP contribution in [0.25, 0.3) is 0 Å². The second-order valence-electron chi connectivity index (χ2n) is 3.54. The first-order chi connectivity index (χ1) is 7.14. The minimum absolute atomic E-state index is 0.105. The molecule has 15 heavy (non-hydrogen) atoms. The van der Waals surface area contributed by atoms with Gasteiger partial charge in [-0.3, -0.25) is 0 Å². The van der Waals surface area contributed by atoms with E-state index in [-0.39, 0.29) is 6.04 Å². The minimum Gasteiger partial charge on any atom is -0.377 e. The van der Waals surface area contributed by atoms with Crippen LogP contribution in [0.15, 0.2) is 0 Å². The van der Waals surface area contributed by atoms with E-state index in [1.165, 1.54) is 0 Å². The van der Waals surface area contributed by atoms with Crippen molar-refractivity contribution >= 4 is 8.80 Å². The minimum atomic E-state index is -2.37. The largest absolute Gasteiger partial charge is 0.500 e. The fourth-order valence-corrected chi connectivity index (χ4v) is 3.22. The summed E-state index contributed by atoms with van der Waals surface area (Å²) in [7, 11) is 2.52. The summed E-state index contributed by atoms with van der Waals surface area (Å²) in [5.74, 6) is 0. The predicted molar refractivity (Wildman–Crippen MR) is 62.5 cm³/mol. The van der Waals surface area contributed by atoms with E-state index in [0.717, 1.165) is 25.3 Å². The summed E-state index contributed by atoms with van der Waals surface area (Å²) in [5, 5.41) is 0. The van der Waals surface area contributed by atoms with Crippen LogP contribution in [0.1, 0.15) is 19.3 Å². The Morgan fingerprint density at radius 1 is 1.07 bits per heavy atom. The van der Waals surface area contributed by atoms with Crippen LogP contribution in [0.2, 0.25) is 6.04 Å². The highest BCUT2D eigenvalue weighted by atomic mass is 28.4. The van der Waals surface area contributed by atoms with E-state index in [0.29, 0.717) is 6.54 Å². The monoisotopic (exact) mass is 236 g/mol. The molecular weight excluding hydrogens is 212 g/mol. The Morgan fingerprint density at radius 2 is 1.60 bits per heavy atom. The van der Waals surface area contributed by atoms with Gasteiger partial charge in [0.2, 0.25) is 0 Å². The summed E-state index contributed by atoms with van der Waals surface area (Å²) in [5.41, 5.74) is 11.1. The molecule has 0 heterocycles. The molecule has 0 bridgehead atoms. The van der Waals surface area contributed by atoms with E-state index < -0.39 is 8.80 Å². The smallest absolute Gasteiger partial charge is 0.377 e. The van der Waals surface area contributed by atoms with Crippen LogP contribution in [-0.2, 0) is 13.3 Å². The average Bonchev–Trinajstić information content (AvgIpc) is 2.30. The Labute approximate surface area is 93.4 Å². The van der Waals surface area contributed by atoms with Crippen LogP contribution < -0.4 is 11.5 Å². The third kappa shape index (κ3) is 5.60. The maximum atomic E-state index is 5.71. The molecule has 0 aromatic rings. The lowest BCUT2D eigenvalue weighted by molar-refractivity contribution is 0.122. The number of rotatable bonds is 9. The summed E-state index contributed by atoms with van der Waals surface area (Å²) in [6.07, 6.45) is 2.97. The number of hydrogen-bond acceptors (Lipinski definition) is 5. The molecule has 4 N–H and O–H groups in total. The Bertz CT molecular complexity index is 148. The zero-order valence-electron chi connectivity index (χ0n) is 9.99. The van der Waals surface area contributed by atoms with E-state index >= 15 is 0 Å². The van der Waals surface area contributed by atoms with Gasteiger partial charge in [-0.15, -0.1) is 0 Å². The molecule has 0 aromatic heterocycles. The first kappa shape index (κ1) is 15.0. The van der Waals surface area contributed by atoms with Crippen LogP contribution in [-0.4, -0.2) is 42.7 Å². The van der Waals surface area contributed by atoms with Crippen molar-refractivity contribution in [2.45, 2.75) is 31.3 Å². The highest BCUT2D eigenvalue weighted by molar-refractivity contribution is 6.60. The van der Waals surface area contributed by atoms with Gasteiger partial charge < -0.3 is 24.7 Å². The normalized spacial score (nSPS) is 14.2. The molecule has 1 atom stereocenters. The first-order valence-corrected chi connectivity index (χ1v) is 7.18. The quantitative estimate of drug-likeness (QED) is 0.445. The van der Waals surface area contributed by atoms with Gasteiger partial charge in [-0.05, 0) is 12.8 Å². The maximum absolute atomic E-state index is 5.71. The predicted octanol–water partition coefficient (Wildman–Crippen LogP) is 0.321. The second kappa shape index (κ2) is 8.20. The highest BCUT2D eigenvalue weighted by Gasteiger charge is 2.36. The summed E-state index contributed by atoms with van der Waals surface area (Å²) in [4.78, 5) is 0. The zero-order valence-corrected chi connectivity index (χ0v) is 11.0. The summed E-state index contributed by atoms with van der Waals surface area (Å²) < 4.78 is 15.9. The summed E-state index contributed by atoms with van der Waals surface area (Å²) in [6.45, 7) is 0.543. The lowest BCUT2D eigenvalue weighted by atomic mass is 10.1. The topological polar surface area (TPSA) is 79.7 Å². The highest BCUT2D eigenvalue weighted by Crippen LogP contribution is 2.17. The van der Waals surface area contributed by atoms with Crippen molar-refractivity contribution in [1.29, 1.82) is 0 Å². The van der Waals surface area contributed by atoms with Crippen LogP contribution in [0.4, 0.5) is 0 Å². The van der Waals surface area contributed by atoms with Crippen molar-refractivity contribution in [1.82, 2.24) is 0 Å². The molecule has 0 saturated carbocycles. The van der Waals surface area contributed by atoms with E-state index in [1.54, 1.807) is 21.3 Å². The SMILES string of the molecule is CO[Si](CCCCC(N)CN)(OC)OC. The van der Waals surface area contributed by atoms with Gasteiger partial charge in [-0.2, -0.15) is 0 Å². The standard InChI is InChI=1S/C9H24N2O3Si/c1-12-15(13-2,14-3)7-5-4-6-9(11)8-10/h9H,4-8,10-11H2,1-3H3. The van der Waals surface area contributed by atoms with Crippen molar-refractivity contribution in [3.63, 3.8) is 0 Å². The van der Waals surface area contributed by atoms with Gasteiger partial charge >= 0.3 is 8.80 Å². The molecule has 92 valence electrons. The maximum Gasteiger partial charge on any atom is 0.500 e. The lowest BCUT2D eigenvalue weighted by Crippen LogP contribution is -2.42. The van der Waals surface area contributed by atoms with Crippen LogP contribution in [0.3, 0.4) is 0 Å². The van der Waals surface area contributed by atoms with Crippen LogP contribution in [0.5, 0.6) is 0 Å². The van der Waals surface area contributed by atoms with E-state index in [4.69, 9.17) is 24.7 Å². The third-order valence-corrected chi connectivity index (χ3v) is 5.38. The molecule has 0 saturated heterocycles. The van der Waals surface area contributed by atoms with E-state index in [9.17, 15) is 0 Å². The molecule has 1 unspecified atom stereocenters. The summed E-state index contributed by atoms with van der Waals surface area (Å²) >= 11 is 0. The van der Waals surface area contributed by atoms with Crippen LogP contribution in [0, 0.1) is 0 Å². The molecule has 0 fully saturated rings. The molecule has 5 nitrogen and oxygen atoms in total. The Hall–Kier alpha value is 0.0169. The number of hydrogen-bond donors (Lipinski definition) is 2. The van der Waals surface area contributed by atoms with Crippen molar-refractivity contribution in [3.05, 3.63) is 0 Å². The summed E-state index contributed by atoms with van der Waals surface area (Å²) in [6, 6.07) is 0.932. The molecule has 0 amide bonds. The zero-order chi connectivity index (χ0) is 11.7. The van der Waals surface area contributed by atoms with Gasteiger partial charge in [0.1, 0.15) is 0 Å². The van der Waals surface area contributed by atoms with E-state index in [1.807, 2.05) is 0 Å².